The molecule has 0 radical (unpaired) electrons. The summed E-state index contributed by atoms with van der Waals surface area (Å²) < 4.78 is 51.2. The zero-order chi connectivity index (χ0) is 22.6. The van der Waals surface area contributed by atoms with Crippen molar-refractivity contribution >= 4 is 22.0 Å². The number of nitrogens with zero attached hydrogens (tertiary/aromatic N) is 2. The lowest BCUT2D eigenvalue weighted by atomic mass is 10.2. The lowest BCUT2D eigenvalue weighted by Gasteiger charge is -2.13. The smallest absolute Gasteiger partial charge is 0.332 e. The number of hydrogen-bond donors (Lipinski definition) is 2. The number of carbonyl (C=O) groups excluding carboxylic acids is 1. The Bertz CT molecular complexity index is 1230. The van der Waals surface area contributed by atoms with Gasteiger partial charge >= 0.3 is 11.9 Å². The van der Waals surface area contributed by atoms with Gasteiger partial charge in [-0.05, 0) is 25.2 Å². The summed E-state index contributed by atoms with van der Waals surface area (Å²) in [5.74, 6) is -3.34. The van der Waals surface area contributed by atoms with E-state index in [0.717, 1.165) is 22.5 Å². The maximum Gasteiger partial charge on any atom is 0.332 e. The molecule has 0 aliphatic rings. The van der Waals surface area contributed by atoms with Crippen LogP contribution in [0.4, 0.5) is 4.39 Å². The van der Waals surface area contributed by atoms with E-state index in [4.69, 9.17) is 14.3 Å². The van der Waals surface area contributed by atoms with Crippen LogP contribution < -0.4 is 5.32 Å². The van der Waals surface area contributed by atoms with Gasteiger partial charge in [0.25, 0.3) is 10.0 Å². The first-order valence-electron chi connectivity index (χ1n) is 8.65. The van der Waals surface area contributed by atoms with Gasteiger partial charge in [-0.3, -0.25) is 5.32 Å². The van der Waals surface area contributed by atoms with Crippen molar-refractivity contribution in [1.29, 1.82) is 0 Å². The van der Waals surface area contributed by atoms with Gasteiger partial charge in [0.15, 0.2) is 12.1 Å². The number of furan rings is 1. The van der Waals surface area contributed by atoms with Gasteiger partial charge in [0, 0.05) is 18.3 Å². The number of hydrogen-bond acceptors (Lipinski definition) is 8. The summed E-state index contributed by atoms with van der Waals surface area (Å²) in [6.07, 6.45) is 3.26. The molecule has 0 aliphatic carbocycles. The zero-order valence-corrected chi connectivity index (χ0v) is 16.7. The van der Waals surface area contributed by atoms with Crippen molar-refractivity contribution in [3.8, 4) is 11.4 Å². The first kappa shape index (κ1) is 21.9. The third-order valence-corrected chi connectivity index (χ3v) is 5.61. The van der Waals surface area contributed by atoms with Gasteiger partial charge in [-0.1, -0.05) is 12.1 Å². The van der Waals surface area contributed by atoms with E-state index in [1.54, 1.807) is 0 Å². The van der Waals surface area contributed by atoms with Crippen molar-refractivity contribution in [1.82, 2.24) is 14.3 Å². The number of imidazole rings is 1. The maximum atomic E-state index is 14.4. The van der Waals surface area contributed by atoms with Crippen LogP contribution in [0, 0.1) is 5.82 Å². The van der Waals surface area contributed by atoms with Gasteiger partial charge in [-0.2, -0.15) is 0 Å². The van der Waals surface area contributed by atoms with Crippen molar-refractivity contribution < 1.29 is 36.7 Å². The molecular formula is C19H16FN3O7S. The molecule has 1 unspecified atom stereocenters. The minimum absolute atomic E-state index is 0.0649. The van der Waals surface area contributed by atoms with Crippen LogP contribution in [-0.2, 0) is 24.3 Å². The second kappa shape index (κ2) is 8.93. The Hall–Kier alpha value is -3.77. The highest BCUT2D eigenvalue weighted by Gasteiger charge is 2.28. The molecule has 31 heavy (non-hydrogen) atoms. The number of aliphatic carboxylic acids is 1. The minimum atomic E-state index is -4.23. The van der Waals surface area contributed by atoms with E-state index in [2.05, 4.69) is 10.3 Å². The number of ether oxygens (including phenoxy) is 1. The summed E-state index contributed by atoms with van der Waals surface area (Å²) in [6, 6.07) is 6.65. The molecular weight excluding hydrogens is 433 g/mol. The predicted octanol–water partition coefficient (Wildman–Crippen LogP) is 1.92. The van der Waals surface area contributed by atoms with Crippen LogP contribution in [-0.4, -0.2) is 41.5 Å². The number of carboxylic acids is 1. The van der Waals surface area contributed by atoms with Crippen LogP contribution in [0.3, 0.4) is 0 Å². The summed E-state index contributed by atoms with van der Waals surface area (Å²) in [5.41, 5.74) is -0.169. The molecule has 1 aromatic carbocycles. The van der Waals surface area contributed by atoms with Gasteiger partial charge in [0.2, 0.25) is 0 Å². The van der Waals surface area contributed by atoms with Crippen LogP contribution >= 0.6 is 0 Å². The minimum Gasteiger partial charge on any atom is -0.478 e. The van der Waals surface area contributed by atoms with E-state index >= 15 is 0 Å². The number of rotatable bonds is 8. The molecule has 10 nitrogen and oxygen atoms in total. The van der Waals surface area contributed by atoms with E-state index < -0.39 is 34.0 Å². The number of esters is 1. The highest BCUT2D eigenvalue weighted by atomic mass is 32.2. The molecule has 0 amide bonds. The van der Waals surface area contributed by atoms with Gasteiger partial charge in [0.05, 0.1) is 11.8 Å². The molecule has 162 valence electrons. The molecule has 3 rings (SSSR count). The van der Waals surface area contributed by atoms with E-state index in [1.165, 1.54) is 37.6 Å². The first-order valence-corrected chi connectivity index (χ1v) is 10.1. The molecule has 2 heterocycles. The Morgan fingerprint density at radius 1 is 1.29 bits per heavy atom. The fraction of sp³-hybridized carbons (Fsp3) is 0.105. The van der Waals surface area contributed by atoms with Gasteiger partial charge in [-0.25, -0.2) is 31.4 Å². The van der Waals surface area contributed by atoms with Gasteiger partial charge in [0.1, 0.15) is 22.7 Å². The lowest BCUT2D eigenvalue weighted by Crippen LogP contribution is -2.22. The Morgan fingerprint density at radius 2 is 2.03 bits per heavy atom. The summed E-state index contributed by atoms with van der Waals surface area (Å²) in [6.45, 7) is 0. The summed E-state index contributed by atoms with van der Waals surface area (Å²) in [4.78, 5) is 26.4. The highest BCUT2D eigenvalue weighted by Crippen LogP contribution is 2.28. The SMILES string of the molecule is CNC(OC(=O)/C=C/C(=O)O)c1cn(S(=O)(=O)c2ccoc2)c(-c2ccccc2F)n1. The molecule has 0 aliphatic heterocycles. The van der Waals surface area contributed by atoms with Crippen molar-refractivity contribution in [2.24, 2.45) is 0 Å². The molecule has 0 saturated heterocycles. The van der Waals surface area contributed by atoms with Crippen LogP contribution in [0.2, 0.25) is 0 Å². The average Bonchev–Trinajstić information content (AvgIpc) is 3.41. The molecule has 0 spiro atoms. The van der Waals surface area contributed by atoms with Crippen molar-refractivity contribution in [3.63, 3.8) is 0 Å². The number of carboxylic acid groups (broad SMARTS) is 1. The number of carbonyl (C=O) groups is 2. The second-order valence-electron chi connectivity index (χ2n) is 6.01. The topological polar surface area (TPSA) is 141 Å². The third kappa shape index (κ3) is 4.70. The summed E-state index contributed by atoms with van der Waals surface area (Å²) in [5, 5.41) is 11.2. The number of halogens is 1. The third-order valence-electron chi connectivity index (χ3n) is 3.99. The fourth-order valence-corrected chi connectivity index (χ4v) is 3.83. The van der Waals surface area contributed by atoms with Crippen LogP contribution in [0.25, 0.3) is 11.4 Å². The number of aromatic nitrogens is 2. The van der Waals surface area contributed by atoms with E-state index in [9.17, 15) is 22.4 Å². The van der Waals surface area contributed by atoms with Crippen molar-refractivity contribution in [3.05, 3.63) is 72.7 Å². The molecule has 2 N–H and O–H groups in total. The standard InChI is InChI=1S/C19H16FN3O7S/c1-21-19(30-17(26)7-6-16(24)25)15-10-23(31(27,28)12-8-9-29-11-12)18(22-15)13-4-2-3-5-14(13)20/h2-11,19,21H,1H3,(H,24,25)/b7-6+. The Labute approximate surface area is 175 Å². The quantitative estimate of drug-likeness (QED) is 0.300. The first-order chi connectivity index (χ1) is 14.7. The summed E-state index contributed by atoms with van der Waals surface area (Å²) >= 11 is 0. The van der Waals surface area contributed by atoms with Crippen molar-refractivity contribution in [2.45, 2.75) is 11.1 Å². The molecule has 0 saturated carbocycles. The normalized spacial score (nSPS) is 12.7. The van der Waals surface area contributed by atoms with Gasteiger partial charge < -0.3 is 14.3 Å². The fourth-order valence-electron chi connectivity index (χ4n) is 2.59. The largest absolute Gasteiger partial charge is 0.478 e. The van der Waals surface area contributed by atoms with Gasteiger partial charge in [-0.15, -0.1) is 0 Å². The number of nitrogens with one attached hydrogen (secondary N) is 1. The molecule has 3 aromatic rings. The lowest BCUT2D eigenvalue weighted by molar-refractivity contribution is -0.145. The Balaban J connectivity index is 2.10. The van der Waals surface area contributed by atoms with Crippen LogP contribution in [0.15, 0.2) is 70.5 Å². The molecule has 0 bridgehead atoms. The zero-order valence-electron chi connectivity index (χ0n) is 15.9. The molecule has 2 aromatic heterocycles. The monoisotopic (exact) mass is 449 g/mol. The Morgan fingerprint density at radius 3 is 2.65 bits per heavy atom. The summed E-state index contributed by atoms with van der Waals surface area (Å²) in [7, 11) is -2.82. The van der Waals surface area contributed by atoms with Crippen molar-refractivity contribution in [2.75, 3.05) is 7.05 Å². The average molecular weight is 449 g/mol. The van der Waals surface area contributed by atoms with Crippen LogP contribution in [0.5, 0.6) is 0 Å². The van der Waals surface area contributed by atoms with E-state index in [0.29, 0.717) is 12.2 Å². The maximum absolute atomic E-state index is 14.4. The van der Waals surface area contributed by atoms with E-state index in [1.807, 2.05) is 0 Å². The second-order valence-corrected chi connectivity index (χ2v) is 7.82. The Kier molecular flexibility index (Phi) is 6.32. The molecule has 0 fully saturated rings. The van der Waals surface area contributed by atoms with E-state index in [-0.39, 0.29) is 22.0 Å². The predicted molar refractivity (Wildman–Crippen MR) is 104 cm³/mol. The molecule has 12 heteroatoms. The number of benzene rings is 1. The highest BCUT2D eigenvalue weighted by molar-refractivity contribution is 7.90. The molecule has 1 atom stereocenters. The van der Waals surface area contributed by atoms with Crippen LogP contribution in [0.1, 0.15) is 11.9 Å².